The van der Waals surface area contributed by atoms with Crippen LogP contribution in [0.15, 0.2) is 53.5 Å². The second-order valence-corrected chi connectivity index (χ2v) is 5.37. The Hall–Kier alpha value is -2.00. The Morgan fingerprint density at radius 3 is 2.80 bits per heavy atom. The van der Waals surface area contributed by atoms with Gasteiger partial charge < -0.3 is 4.42 Å². The summed E-state index contributed by atoms with van der Waals surface area (Å²) in [5.74, 6) is 1.61. The highest BCUT2D eigenvalue weighted by molar-refractivity contribution is 7.97. The molecule has 3 aromatic rings. The number of nitrogens with zero attached hydrogens (tertiary/aromatic N) is 1. The average molecular weight is 281 g/mol. The number of rotatable bonds is 4. The molecule has 20 heavy (non-hydrogen) atoms. The topological polar surface area (TPSA) is 26.0 Å². The zero-order chi connectivity index (χ0) is 13.9. The molecule has 0 radical (unpaired) electrons. The van der Waals surface area contributed by atoms with Gasteiger partial charge in [0.2, 0.25) is 5.89 Å². The summed E-state index contributed by atoms with van der Waals surface area (Å²) in [5, 5.41) is 0. The van der Waals surface area contributed by atoms with E-state index in [1.54, 1.807) is 11.8 Å². The Balaban J connectivity index is 2.17. The Kier molecular flexibility index (Phi) is 3.61. The third kappa shape index (κ3) is 2.25. The Labute approximate surface area is 122 Å². The summed E-state index contributed by atoms with van der Waals surface area (Å²) < 4.78 is 5.86. The van der Waals surface area contributed by atoms with E-state index in [4.69, 9.17) is 4.42 Å². The van der Waals surface area contributed by atoms with E-state index in [0.717, 1.165) is 28.0 Å². The first kappa shape index (κ1) is 13.0. The van der Waals surface area contributed by atoms with E-state index in [1.807, 2.05) is 42.5 Å². The monoisotopic (exact) mass is 281 g/mol. The maximum atomic E-state index is 5.86. The molecule has 0 bridgehead atoms. The van der Waals surface area contributed by atoms with Gasteiger partial charge in [-0.2, -0.15) is 11.8 Å². The highest BCUT2D eigenvalue weighted by atomic mass is 32.2. The van der Waals surface area contributed by atoms with Gasteiger partial charge in [-0.3, -0.25) is 0 Å². The van der Waals surface area contributed by atoms with E-state index in [9.17, 15) is 0 Å². The highest BCUT2D eigenvalue weighted by Crippen LogP contribution is 2.30. The number of oxazole rings is 1. The SMILES string of the molecule is C=Cc1c(CSC)cccc1-c1nc2ccccc2o1. The molecule has 0 aliphatic carbocycles. The van der Waals surface area contributed by atoms with Crippen LogP contribution in [0.3, 0.4) is 0 Å². The molecule has 0 atom stereocenters. The molecule has 0 saturated heterocycles. The second kappa shape index (κ2) is 5.55. The fraction of sp³-hybridized carbons (Fsp3) is 0.118. The fourth-order valence-corrected chi connectivity index (χ4v) is 2.87. The average Bonchev–Trinajstić information content (AvgIpc) is 2.91. The van der Waals surface area contributed by atoms with Crippen molar-refractivity contribution in [3.05, 3.63) is 60.2 Å². The van der Waals surface area contributed by atoms with Gasteiger partial charge in [0, 0.05) is 11.3 Å². The number of benzene rings is 2. The van der Waals surface area contributed by atoms with Gasteiger partial charge in [0.05, 0.1) is 0 Å². The number of fused-ring (bicyclic) bond motifs is 1. The maximum absolute atomic E-state index is 5.86. The van der Waals surface area contributed by atoms with Crippen LogP contribution in [0.25, 0.3) is 28.6 Å². The first-order chi connectivity index (χ1) is 9.83. The van der Waals surface area contributed by atoms with E-state index in [1.165, 1.54) is 5.56 Å². The minimum Gasteiger partial charge on any atom is -0.436 e. The van der Waals surface area contributed by atoms with E-state index in [2.05, 4.69) is 23.9 Å². The van der Waals surface area contributed by atoms with Gasteiger partial charge in [-0.05, 0) is 35.6 Å². The minimum absolute atomic E-state index is 0.657. The second-order valence-electron chi connectivity index (χ2n) is 4.50. The molecule has 100 valence electrons. The van der Waals surface area contributed by atoms with Gasteiger partial charge in [0.15, 0.2) is 5.58 Å². The highest BCUT2D eigenvalue weighted by Gasteiger charge is 2.13. The predicted molar refractivity (Wildman–Crippen MR) is 86.8 cm³/mol. The van der Waals surface area contributed by atoms with Crippen LogP contribution < -0.4 is 0 Å². The van der Waals surface area contributed by atoms with Crippen molar-refractivity contribution in [2.24, 2.45) is 0 Å². The number of thioether (sulfide) groups is 1. The van der Waals surface area contributed by atoms with E-state index in [-0.39, 0.29) is 0 Å². The summed E-state index contributed by atoms with van der Waals surface area (Å²) >= 11 is 1.79. The van der Waals surface area contributed by atoms with Crippen LogP contribution in [0.5, 0.6) is 0 Å². The van der Waals surface area contributed by atoms with Crippen LogP contribution in [0, 0.1) is 0 Å². The van der Waals surface area contributed by atoms with Crippen molar-refractivity contribution >= 4 is 28.9 Å². The lowest BCUT2D eigenvalue weighted by Gasteiger charge is -2.08. The van der Waals surface area contributed by atoms with Crippen LogP contribution >= 0.6 is 11.8 Å². The maximum Gasteiger partial charge on any atom is 0.227 e. The van der Waals surface area contributed by atoms with Gasteiger partial charge in [-0.25, -0.2) is 4.98 Å². The summed E-state index contributed by atoms with van der Waals surface area (Å²) in [6.07, 6.45) is 3.98. The molecule has 0 aliphatic heterocycles. The summed E-state index contributed by atoms with van der Waals surface area (Å²) in [5.41, 5.74) is 5.06. The lowest BCUT2D eigenvalue weighted by atomic mass is 10.0. The van der Waals surface area contributed by atoms with Gasteiger partial charge in [-0.15, -0.1) is 0 Å². The molecule has 3 heteroatoms. The lowest BCUT2D eigenvalue weighted by Crippen LogP contribution is -1.90. The normalized spacial score (nSPS) is 10.8. The molecule has 0 aliphatic rings. The van der Waals surface area contributed by atoms with Gasteiger partial charge >= 0.3 is 0 Å². The quantitative estimate of drug-likeness (QED) is 0.673. The molecule has 0 saturated carbocycles. The summed E-state index contributed by atoms with van der Waals surface area (Å²) in [7, 11) is 0. The summed E-state index contributed by atoms with van der Waals surface area (Å²) in [6.45, 7) is 3.94. The van der Waals surface area contributed by atoms with E-state index < -0.39 is 0 Å². The molecule has 1 heterocycles. The van der Waals surface area contributed by atoms with Gasteiger partial charge in [0.25, 0.3) is 0 Å². The minimum atomic E-state index is 0.657. The van der Waals surface area contributed by atoms with Crippen molar-refractivity contribution in [2.75, 3.05) is 6.26 Å². The Bertz CT molecular complexity index is 728. The van der Waals surface area contributed by atoms with Crippen LogP contribution in [-0.2, 0) is 5.75 Å². The predicted octanol–water partition coefficient (Wildman–Crippen LogP) is 5.00. The molecule has 3 rings (SSSR count). The molecule has 0 N–H and O–H groups in total. The fourth-order valence-electron chi connectivity index (χ4n) is 2.31. The first-order valence-electron chi connectivity index (χ1n) is 6.42. The first-order valence-corrected chi connectivity index (χ1v) is 7.82. The van der Waals surface area contributed by atoms with Crippen LogP contribution in [0.2, 0.25) is 0 Å². The zero-order valence-electron chi connectivity index (χ0n) is 11.3. The molecule has 0 amide bonds. The molecular weight excluding hydrogens is 266 g/mol. The van der Waals surface area contributed by atoms with Crippen molar-refractivity contribution < 1.29 is 4.42 Å². The molecule has 2 aromatic carbocycles. The molecule has 0 spiro atoms. The number of hydrogen-bond donors (Lipinski definition) is 0. The van der Waals surface area contributed by atoms with E-state index >= 15 is 0 Å². The van der Waals surface area contributed by atoms with Crippen molar-refractivity contribution in [3.63, 3.8) is 0 Å². The number of para-hydroxylation sites is 2. The standard InChI is InChI=1S/C17H15NOS/c1-3-13-12(11-20-2)7-6-8-14(13)17-18-15-9-4-5-10-16(15)19-17/h3-10H,1,11H2,2H3. The van der Waals surface area contributed by atoms with Gasteiger partial charge in [-0.1, -0.05) is 36.9 Å². The van der Waals surface area contributed by atoms with E-state index in [0.29, 0.717) is 5.89 Å². The van der Waals surface area contributed by atoms with Crippen molar-refractivity contribution in [3.8, 4) is 11.5 Å². The summed E-state index contributed by atoms with van der Waals surface area (Å²) in [4.78, 5) is 4.57. The van der Waals surface area contributed by atoms with Crippen LogP contribution in [-0.4, -0.2) is 11.2 Å². The third-order valence-corrected chi connectivity index (χ3v) is 3.82. The third-order valence-electron chi connectivity index (χ3n) is 3.22. The molecule has 1 aromatic heterocycles. The summed E-state index contributed by atoms with van der Waals surface area (Å²) in [6, 6.07) is 14.0. The van der Waals surface area contributed by atoms with Crippen LogP contribution in [0.1, 0.15) is 11.1 Å². The number of aromatic nitrogens is 1. The molecule has 2 nitrogen and oxygen atoms in total. The molecule has 0 fully saturated rings. The Morgan fingerprint density at radius 2 is 2.05 bits per heavy atom. The lowest BCUT2D eigenvalue weighted by molar-refractivity contribution is 0.619. The van der Waals surface area contributed by atoms with Crippen molar-refractivity contribution in [1.29, 1.82) is 0 Å². The zero-order valence-corrected chi connectivity index (χ0v) is 12.1. The van der Waals surface area contributed by atoms with Gasteiger partial charge in [0.1, 0.15) is 5.52 Å². The van der Waals surface area contributed by atoms with Crippen molar-refractivity contribution in [1.82, 2.24) is 4.98 Å². The van der Waals surface area contributed by atoms with Crippen LogP contribution in [0.4, 0.5) is 0 Å². The molecular formula is C17H15NOS. The number of hydrogen-bond acceptors (Lipinski definition) is 3. The molecule has 0 unspecified atom stereocenters. The largest absolute Gasteiger partial charge is 0.436 e. The van der Waals surface area contributed by atoms with Crippen molar-refractivity contribution in [2.45, 2.75) is 5.75 Å². The smallest absolute Gasteiger partial charge is 0.227 e. The Morgan fingerprint density at radius 1 is 1.20 bits per heavy atom.